The van der Waals surface area contributed by atoms with Crippen LogP contribution < -0.4 is 10.2 Å². The summed E-state index contributed by atoms with van der Waals surface area (Å²) in [5.74, 6) is 0. The highest BCUT2D eigenvalue weighted by Gasteiger charge is 2.14. The summed E-state index contributed by atoms with van der Waals surface area (Å²) in [6, 6.07) is 6.46. The van der Waals surface area contributed by atoms with Gasteiger partial charge in [0.1, 0.15) is 0 Å². The van der Waals surface area contributed by atoms with Gasteiger partial charge in [-0.05, 0) is 37.5 Å². The summed E-state index contributed by atoms with van der Waals surface area (Å²) in [6.07, 6.45) is 3.33. The highest BCUT2D eigenvalue weighted by Crippen LogP contribution is 2.29. The molecule has 2 rings (SSSR count). The zero-order valence-electron chi connectivity index (χ0n) is 11.1. The van der Waals surface area contributed by atoms with E-state index in [0.717, 1.165) is 43.2 Å². The van der Waals surface area contributed by atoms with Crippen molar-refractivity contribution >= 4 is 23.0 Å². The van der Waals surface area contributed by atoms with Crippen LogP contribution in [0, 0.1) is 0 Å². The number of nitrogens with one attached hydrogen (secondary N) is 1. The van der Waals surface area contributed by atoms with E-state index in [4.69, 9.17) is 16.3 Å². The molecule has 1 heterocycles. The Kier molecular flexibility index (Phi) is 4.72. The molecular weight excluding hydrogens is 248 g/mol. The number of hydrogen-bond donors (Lipinski definition) is 1. The van der Waals surface area contributed by atoms with Crippen LogP contribution in [0.15, 0.2) is 18.2 Å². The molecule has 1 aliphatic heterocycles. The third-order valence-corrected chi connectivity index (χ3v) is 3.49. The lowest BCUT2D eigenvalue weighted by atomic mass is 10.1. The van der Waals surface area contributed by atoms with Crippen LogP contribution in [0.5, 0.6) is 0 Å². The molecule has 0 radical (unpaired) electrons. The molecule has 1 N–H and O–H groups in total. The minimum Gasteiger partial charge on any atom is -0.381 e. The molecule has 1 fully saturated rings. The van der Waals surface area contributed by atoms with Gasteiger partial charge in [0.2, 0.25) is 0 Å². The van der Waals surface area contributed by atoms with Crippen molar-refractivity contribution in [2.45, 2.75) is 25.3 Å². The quantitative estimate of drug-likeness (QED) is 0.910. The van der Waals surface area contributed by atoms with Crippen LogP contribution in [0.1, 0.15) is 19.3 Å². The number of rotatable bonds is 3. The largest absolute Gasteiger partial charge is 0.381 e. The van der Waals surface area contributed by atoms with E-state index in [1.807, 2.05) is 26.2 Å². The van der Waals surface area contributed by atoms with Crippen LogP contribution in [-0.2, 0) is 4.74 Å². The molecule has 1 aromatic carbocycles. The summed E-state index contributed by atoms with van der Waals surface area (Å²) in [5, 5.41) is 4.38. The van der Waals surface area contributed by atoms with Gasteiger partial charge in [-0.2, -0.15) is 0 Å². The number of ether oxygens (including phenoxy) is 1. The Bertz CT molecular complexity index is 387. The second kappa shape index (κ2) is 6.30. The lowest BCUT2D eigenvalue weighted by molar-refractivity contribution is 0.144. The van der Waals surface area contributed by atoms with E-state index >= 15 is 0 Å². The van der Waals surface area contributed by atoms with Gasteiger partial charge in [0.25, 0.3) is 0 Å². The zero-order chi connectivity index (χ0) is 13.0. The number of halogens is 1. The molecule has 0 aliphatic carbocycles. The molecular formula is C14H21ClN2O. The predicted octanol–water partition coefficient (Wildman–Crippen LogP) is 3.39. The minimum absolute atomic E-state index is 0.477. The van der Waals surface area contributed by atoms with Gasteiger partial charge in [-0.1, -0.05) is 11.6 Å². The van der Waals surface area contributed by atoms with Gasteiger partial charge in [-0.15, -0.1) is 0 Å². The van der Waals surface area contributed by atoms with Crippen LogP contribution in [0.4, 0.5) is 11.4 Å². The van der Waals surface area contributed by atoms with E-state index in [0.29, 0.717) is 6.04 Å². The number of nitrogens with zero attached hydrogens (tertiary/aromatic N) is 1. The van der Waals surface area contributed by atoms with E-state index in [1.165, 1.54) is 5.69 Å². The lowest BCUT2D eigenvalue weighted by Crippen LogP contribution is -2.21. The summed E-state index contributed by atoms with van der Waals surface area (Å²) >= 11 is 6.09. The zero-order valence-corrected chi connectivity index (χ0v) is 11.8. The normalized spacial score (nSPS) is 20.3. The first-order valence-electron chi connectivity index (χ1n) is 6.48. The lowest BCUT2D eigenvalue weighted by Gasteiger charge is -2.23. The molecule has 0 amide bonds. The SMILES string of the molecule is CN(C)c1ccc(Cl)cc1NC1CCCOCC1. The van der Waals surface area contributed by atoms with Crippen molar-refractivity contribution in [3.05, 3.63) is 23.2 Å². The van der Waals surface area contributed by atoms with Crippen LogP contribution in [-0.4, -0.2) is 33.4 Å². The van der Waals surface area contributed by atoms with Crippen LogP contribution in [0.2, 0.25) is 5.02 Å². The maximum Gasteiger partial charge on any atom is 0.0597 e. The smallest absolute Gasteiger partial charge is 0.0597 e. The minimum atomic E-state index is 0.477. The molecule has 4 heteroatoms. The first-order valence-corrected chi connectivity index (χ1v) is 6.86. The summed E-state index contributed by atoms with van der Waals surface area (Å²) in [4.78, 5) is 2.10. The average molecular weight is 269 g/mol. The van der Waals surface area contributed by atoms with Crippen LogP contribution in [0.25, 0.3) is 0 Å². The maximum atomic E-state index is 6.09. The van der Waals surface area contributed by atoms with Crippen molar-refractivity contribution in [1.82, 2.24) is 0 Å². The molecule has 18 heavy (non-hydrogen) atoms. The molecule has 1 aromatic rings. The molecule has 0 saturated carbocycles. The fraction of sp³-hybridized carbons (Fsp3) is 0.571. The molecule has 0 spiro atoms. The summed E-state index contributed by atoms with van der Waals surface area (Å²) < 4.78 is 5.49. The molecule has 100 valence electrons. The fourth-order valence-corrected chi connectivity index (χ4v) is 2.45. The average Bonchev–Trinajstić information content (AvgIpc) is 2.57. The third kappa shape index (κ3) is 3.53. The molecule has 1 aliphatic rings. The molecule has 0 bridgehead atoms. The fourth-order valence-electron chi connectivity index (χ4n) is 2.28. The second-order valence-corrected chi connectivity index (χ2v) is 5.38. The summed E-state index contributed by atoms with van der Waals surface area (Å²) in [7, 11) is 4.09. The van der Waals surface area contributed by atoms with Crippen LogP contribution in [0.3, 0.4) is 0 Å². The number of benzene rings is 1. The van der Waals surface area contributed by atoms with Crippen molar-refractivity contribution in [1.29, 1.82) is 0 Å². The second-order valence-electron chi connectivity index (χ2n) is 4.94. The van der Waals surface area contributed by atoms with Gasteiger partial charge in [-0.3, -0.25) is 0 Å². The Morgan fingerprint density at radius 1 is 1.28 bits per heavy atom. The van der Waals surface area contributed by atoms with Crippen molar-refractivity contribution in [2.75, 3.05) is 37.5 Å². The highest BCUT2D eigenvalue weighted by atomic mass is 35.5. The van der Waals surface area contributed by atoms with Crippen molar-refractivity contribution in [3.8, 4) is 0 Å². The van der Waals surface area contributed by atoms with Gasteiger partial charge < -0.3 is 15.0 Å². The van der Waals surface area contributed by atoms with Crippen LogP contribution >= 0.6 is 11.6 Å². The van der Waals surface area contributed by atoms with Crippen molar-refractivity contribution < 1.29 is 4.74 Å². The Hall–Kier alpha value is -0.930. The van der Waals surface area contributed by atoms with Gasteiger partial charge in [-0.25, -0.2) is 0 Å². The van der Waals surface area contributed by atoms with E-state index in [2.05, 4.69) is 16.3 Å². The topological polar surface area (TPSA) is 24.5 Å². The summed E-state index contributed by atoms with van der Waals surface area (Å²) in [6.45, 7) is 1.73. The van der Waals surface area contributed by atoms with Gasteiger partial charge in [0, 0.05) is 38.4 Å². The van der Waals surface area contributed by atoms with Gasteiger partial charge in [0.05, 0.1) is 11.4 Å². The highest BCUT2D eigenvalue weighted by molar-refractivity contribution is 6.31. The standard InChI is InChI=1S/C14H21ClN2O/c1-17(2)14-6-5-11(15)10-13(14)16-12-4-3-8-18-9-7-12/h5-6,10,12,16H,3-4,7-9H2,1-2H3. The Morgan fingerprint density at radius 3 is 2.89 bits per heavy atom. The Balaban J connectivity index is 2.13. The van der Waals surface area contributed by atoms with E-state index < -0.39 is 0 Å². The Morgan fingerprint density at radius 2 is 2.11 bits per heavy atom. The van der Waals surface area contributed by atoms with Crippen molar-refractivity contribution in [2.24, 2.45) is 0 Å². The molecule has 0 aromatic heterocycles. The molecule has 1 atom stereocenters. The van der Waals surface area contributed by atoms with E-state index in [-0.39, 0.29) is 0 Å². The molecule has 1 unspecified atom stereocenters. The van der Waals surface area contributed by atoms with E-state index in [1.54, 1.807) is 0 Å². The maximum absolute atomic E-state index is 6.09. The summed E-state index contributed by atoms with van der Waals surface area (Å²) in [5.41, 5.74) is 2.28. The monoisotopic (exact) mass is 268 g/mol. The number of anilines is 2. The van der Waals surface area contributed by atoms with E-state index in [9.17, 15) is 0 Å². The third-order valence-electron chi connectivity index (χ3n) is 3.25. The first-order chi connectivity index (χ1) is 8.66. The van der Waals surface area contributed by atoms with Crippen molar-refractivity contribution in [3.63, 3.8) is 0 Å². The first kappa shape index (κ1) is 13.5. The number of hydrogen-bond acceptors (Lipinski definition) is 3. The molecule has 1 saturated heterocycles. The van der Waals surface area contributed by atoms with Gasteiger partial charge >= 0.3 is 0 Å². The predicted molar refractivity (Wildman–Crippen MR) is 77.9 cm³/mol. The Labute approximate surface area is 114 Å². The van der Waals surface area contributed by atoms with Gasteiger partial charge in [0.15, 0.2) is 0 Å². The molecule has 3 nitrogen and oxygen atoms in total.